The van der Waals surface area contributed by atoms with E-state index in [2.05, 4.69) is 10.6 Å². The van der Waals surface area contributed by atoms with E-state index in [4.69, 9.17) is 4.74 Å². The molecule has 2 aromatic rings. The smallest absolute Gasteiger partial charge is 0.407 e. The highest BCUT2D eigenvalue weighted by Gasteiger charge is 2.19. The molecule has 2 rings (SSSR count). The van der Waals surface area contributed by atoms with E-state index in [0.717, 1.165) is 17.7 Å². The normalized spacial score (nSPS) is 13.1. The maximum atomic E-state index is 11.7. The van der Waals surface area contributed by atoms with Crippen molar-refractivity contribution >= 4 is 6.09 Å². The molecule has 0 bridgehead atoms. The molecule has 0 saturated heterocycles. The van der Waals surface area contributed by atoms with E-state index in [9.17, 15) is 15.0 Å². The van der Waals surface area contributed by atoms with Gasteiger partial charge in [-0.3, -0.25) is 0 Å². The van der Waals surface area contributed by atoms with Gasteiger partial charge < -0.3 is 25.6 Å². The maximum Gasteiger partial charge on any atom is 0.407 e. The SMILES string of the molecule is CNCc1ccc(C(O)C(O)CNC(=O)OCc2ccccc2)cc1. The highest BCUT2D eigenvalue weighted by atomic mass is 16.5. The van der Waals surface area contributed by atoms with Crippen molar-refractivity contribution in [2.75, 3.05) is 13.6 Å². The molecule has 0 aliphatic heterocycles. The summed E-state index contributed by atoms with van der Waals surface area (Å²) in [7, 11) is 1.86. The molecule has 2 atom stereocenters. The summed E-state index contributed by atoms with van der Waals surface area (Å²) >= 11 is 0. The van der Waals surface area contributed by atoms with Crippen molar-refractivity contribution in [2.24, 2.45) is 0 Å². The highest BCUT2D eigenvalue weighted by Crippen LogP contribution is 2.17. The molecule has 6 nitrogen and oxygen atoms in total. The van der Waals surface area contributed by atoms with Gasteiger partial charge in [0.25, 0.3) is 0 Å². The Balaban J connectivity index is 1.76. The number of rotatable bonds is 8. The van der Waals surface area contributed by atoms with Crippen LogP contribution in [0.3, 0.4) is 0 Å². The number of aliphatic hydroxyl groups is 2. The third-order valence-corrected chi connectivity index (χ3v) is 3.73. The third-order valence-electron chi connectivity index (χ3n) is 3.73. The molecule has 0 heterocycles. The number of ether oxygens (including phenoxy) is 1. The summed E-state index contributed by atoms with van der Waals surface area (Å²) in [5, 5.41) is 25.7. The zero-order valence-electron chi connectivity index (χ0n) is 14.2. The van der Waals surface area contributed by atoms with E-state index in [-0.39, 0.29) is 13.2 Å². The summed E-state index contributed by atoms with van der Waals surface area (Å²) in [6.07, 6.45) is -2.85. The van der Waals surface area contributed by atoms with Crippen molar-refractivity contribution in [3.63, 3.8) is 0 Å². The van der Waals surface area contributed by atoms with Gasteiger partial charge in [-0.1, -0.05) is 54.6 Å². The fourth-order valence-electron chi connectivity index (χ4n) is 2.33. The Morgan fingerprint density at radius 2 is 1.72 bits per heavy atom. The van der Waals surface area contributed by atoms with Gasteiger partial charge in [-0.05, 0) is 23.7 Å². The molecule has 0 aliphatic rings. The lowest BCUT2D eigenvalue weighted by Gasteiger charge is -2.19. The topological polar surface area (TPSA) is 90.8 Å². The average Bonchev–Trinajstić information content (AvgIpc) is 2.65. The van der Waals surface area contributed by atoms with Gasteiger partial charge in [0.15, 0.2) is 0 Å². The second kappa shape index (κ2) is 9.78. The molecule has 2 unspecified atom stereocenters. The summed E-state index contributed by atoms with van der Waals surface area (Å²) in [5.41, 5.74) is 2.54. The monoisotopic (exact) mass is 344 g/mol. The van der Waals surface area contributed by atoms with Crippen LogP contribution < -0.4 is 10.6 Å². The number of aliphatic hydroxyl groups excluding tert-OH is 2. The Kier molecular flexibility index (Phi) is 7.40. The minimum atomic E-state index is -1.13. The van der Waals surface area contributed by atoms with Gasteiger partial charge in [-0.25, -0.2) is 4.79 Å². The maximum absolute atomic E-state index is 11.7. The first-order chi connectivity index (χ1) is 12.1. The summed E-state index contributed by atoms with van der Waals surface area (Å²) in [6.45, 7) is 0.777. The fourth-order valence-corrected chi connectivity index (χ4v) is 2.33. The van der Waals surface area contributed by atoms with Gasteiger partial charge in [-0.15, -0.1) is 0 Å². The van der Waals surface area contributed by atoms with E-state index in [0.29, 0.717) is 5.56 Å². The molecule has 25 heavy (non-hydrogen) atoms. The molecule has 4 N–H and O–H groups in total. The molecule has 0 saturated carbocycles. The number of hydrogen-bond acceptors (Lipinski definition) is 5. The lowest BCUT2D eigenvalue weighted by Crippen LogP contribution is -2.35. The molecular formula is C19H24N2O4. The van der Waals surface area contributed by atoms with Crippen LogP contribution >= 0.6 is 0 Å². The predicted molar refractivity (Wildman–Crippen MR) is 94.8 cm³/mol. The Morgan fingerprint density at radius 3 is 2.36 bits per heavy atom. The lowest BCUT2D eigenvalue weighted by atomic mass is 10.0. The van der Waals surface area contributed by atoms with Gasteiger partial charge >= 0.3 is 6.09 Å². The van der Waals surface area contributed by atoms with Gasteiger partial charge in [-0.2, -0.15) is 0 Å². The van der Waals surface area contributed by atoms with Crippen LogP contribution in [-0.4, -0.2) is 36.0 Å². The molecule has 0 aromatic heterocycles. The number of nitrogens with one attached hydrogen (secondary N) is 2. The highest BCUT2D eigenvalue weighted by molar-refractivity contribution is 5.67. The number of carbonyl (C=O) groups excluding carboxylic acids is 1. The first kappa shape index (κ1) is 18.9. The van der Waals surface area contributed by atoms with Crippen LogP contribution in [0.25, 0.3) is 0 Å². The van der Waals surface area contributed by atoms with E-state index in [1.54, 1.807) is 12.1 Å². The van der Waals surface area contributed by atoms with Crippen molar-refractivity contribution in [1.82, 2.24) is 10.6 Å². The van der Waals surface area contributed by atoms with Crippen molar-refractivity contribution in [2.45, 2.75) is 25.4 Å². The van der Waals surface area contributed by atoms with Crippen LogP contribution in [0.5, 0.6) is 0 Å². The first-order valence-corrected chi connectivity index (χ1v) is 8.14. The second-order valence-electron chi connectivity index (χ2n) is 5.73. The Bertz CT molecular complexity index is 646. The molecular weight excluding hydrogens is 320 g/mol. The molecule has 2 aromatic carbocycles. The third kappa shape index (κ3) is 6.19. The van der Waals surface area contributed by atoms with Crippen molar-refractivity contribution in [3.8, 4) is 0 Å². The number of benzene rings is 2. The van der Waals surface area contributed by atoms with Gasteiger partial charge in [0.05, 0.1) is 0 Å². The molecule has 134 valence electrons. The summed E-state index contributed by atoms with van der Waals surface area (Å²) in [5.74, 6) is 0. The average molecular weight is 344 g/mol. The van der Waals surface area contributed by atoms with Gasteiger partial charge in [0.1, 0.15) is 18.8 Å². The number of amides is 1. The van der Waals surface area contributed by atoms with Crippen LogP contribution in [0.1, 0.15) is 22.8 Å². The zero-order valence-corrected chi connectivity index (χ0v) is 14.2. The predicted octanol–water partition coefficient (Wildman–Crippen LogP) is 1.73. The molecule has 1 amide bonds. The molecule has 0 fully saturated rings. The van der Waals surface area contributed by atoms with Crippen LogP contribution in [0.4, 0.5) is 4.79 Å². The minimum absolute atomic E-state index is 0.104. The van der Waals surface area contributed by atoms with Gasteiger partial charge in [0, 0.05) is 13.1 Å². The largest absolute Gasteiger partial charge is 0.445 e. The van der Waals surface area contributed by atoms with Crippen molar-refractivity contribution in [3.05, 3.63) is 71.3 Å². The molecule has 0 spiro atoms. The Labute approximate surface area is 147 Å². The molecule has 0 radical (unpaired) electrons. The molecule has 0 aliphatic carbocycles. The summed E-state index contributed by atoms with van der Waals surface area (Å²) in [6, 6.07) is 16.6. The summed E-state index contributed by atoms with van der Waals surface area (Å²) in [4.78, 5) is 11.7. The number of alkyl carbamates (subject to hydrolysis) is 1. The van der Waals surface area contributed by atoms with Crippen LogP contribution in [-0.2, 0) is 17.9 Å². The second-order valence-corrected chi connectivity index (χ2v) is 5.73. The van der Waals surface area contributed by atoms with Crippen LogP contribution in [0, 0.1) is 0 Å². The Morgan fingerprint density at radius 1 is 1.04 bits per heavy atom. The number of hydrogen-bond donors (Lipinski definition) is 4. The van der Waals surface area contributed by atoms with Crippen molar-refractivity contribution < 1.29 is 19.7 Å². The van der Waals surface area contributed by atoms with E-state index in [1.165, 1.54) is 0 Å². The fraction of sp³-hybridized carbons (Fsp3) is 0.316. The van der Waals surface area contributed by atoms with E-state index < -0.39 is 18.3 Å². The van der Waals surface area contributed by atoms with Crippen LogP contribution in [0.2, 0.25) is 0 Å². The standard InChI is InChI=1S/C19H24N2O4/c1-20-11-14-7-9-16(10-8-14)18(23)17(22)12-21-19(24)25-13-15-5-3-2-4-6-15/h2-10,17-18,20,22-23H,11-13H2,1H3,(H,21,24). The minimum Gasteiger partial charge on any atom is -0.445 e. The quantitative estimate of drug-likeness (QED) is 0.585. The summed E-state index contributed by atoms with van der Waals surface area (Å²) < 4.78 is 5.06. The lowest BCUT2D eigenvalue weighted by molar-refractivity contribution is 0.0184. The molecule has 6 heteroatoms. The van der Waals surface area contributed by atoms with Crippen molar-refractivity contribution in [1.29, 1.82) is 0 Å². The van der Waals surface area contributed by atoms with Crippen LogP contribution in [0.15, 0.2) is 54.6 Å². The number of carbonyl (C=O) groups is 1. The van der Waals surface area contributed by atoms with Gasteiger partial charge in [0.2, 0.25) is 0 Å². The van der Waals surface area contributed by atoms with E-state index in [1.807, 2.05) is 49.5 Å². The Hall–Kier alpha value is -2.41. The zero-order chi connectivity index (χ0) is 18.1. The van der Waals surface area contributed by atoms with E-state index >= 15 is 0 Å². The first-order valence-electron chi connectivity index (χ1n) is 8.14.